The van der Waals surface area contributed by atoms with Gasteiger partial charge in [0, 0.05) is 39.3 Å². The fraction of sp³-hybridized carbons (Fsp3) is 0.875. The van der Waals surface area contributed by atoms with Gasteiger partial charge < -0.3 is 16.0 Å². The number of nitrogens with one attached hydrogen (secondary N) is 3. The number of rotatable bonds is 9. The molecule has 1 heterocycles. The van der Waals surface area contributed by atoms with Crippen LogP contribution in [0.25, 0.3) is 0 Å². The van der Waals surface area contributed by atoms with E-state index >= 15 is 0 Å². The zero-order chi connectivity index (χ0) is 16.9. The van der Waals surface area contributed by atoms with Gasteiger partial charge in [0.1, 0.15) is 0 Å². The van der Waals surface area contributed by atoms with Crippen LogP contribution >= 0.6 is 35.7 Å². The molecule has 0 aromatic heterocycles. The molecule has 8 heteroatoms. The van der Waals surface area contributed by atoms with Gasteiger partial charge in [0.15, 0.2) is 5.96 Å². The highest BCUT2D eigenvalue weighted by atomic mass is 127. The van der Waals surface area contributed by atoms with Crippen molar-refractivity contribution < 1.29 is 4.79 Å². The fourth-order valence-corrected chi connectivity index (χ4v) is 3.00. The molecule has 0 radical (unpaired) electrons. The van der Waals surface area contributed by atoms with Crippen LogP contribution in [0, 0.1) is 0 Å². The number of thioether (sulfide) groups is 1. The van der Waals surface area contributed by atoms with Crippen LogP contribution in [0.5, 0.6) is 0 Å². The van der Waals surface area contributed by atoms with Crippen LogP contribution in [0.15, 0.2) is 4.99 Å². The third kappa shape index (κ3) is 10.6. The van der Waals surface area contributed by atoms with Crippen LogP contribution in [-0.4, -0.2) is 74.6 Å². The maximum atomic E-state index is 11.7. The van der Waals surface area contributed by atoms with E-state index < -0.39 is 0 Å². The minimum atomic E-state index is 0. The predicted molar refractivity (Wildman–Crippen MR) is 116 cm³/mol. The first-order valence-electron chi connectivity index (χ1n) is 8.64. The Balaban J connectivity index is 0.00000529. The van der Waals surface area contributed by atoms with Crippen molar-refractivity contribution in [1.82, 2.24) is 20.9 Å². The highest BCUT2D eigenvalue weighted by Gasteiger charge is 2.21. The van der Waals surface area contributed by atoms with Gasteiger partial charge in [-0.25, -0.2) is 0 Å². The monoisotopic (exact) mass is 471 g/mol. The molecule has 1 rings (SSSR count). The van der Waals surface area contributed by atoms with E-state index in [4.69, 9.17) is 0 Å². The molecule has 3 N–H and O–H groups in total. The van der Waals surface area contributed by atoms with Crippen molar-refractivity contribution in [3.63, 3.8) is 0 Å². The van der Waals surface area contributed by atoms with Gasteiger partial charge in [0.05, 0.1) is 6.54 Å². The van der Waals surface area contributed by atoms with Gasteiger partial charge in [0.25, 0.3) is 0 Å². The molecular weight excluding hydrogens is 437 g/mol. The van der Waals surface area contributed by atoms with Crippen molar-refractivity contribution in [2.45, 2.75) is 38.6 Å². The second-order valence-corrected chi connectivity index (χ2v) is 6.88. The van der Waals surface area contributed by atoms with Crippen molar-refractivity contribution in [2.75, 3.05) is 51.8 Å². The summed E-state index contributed by atoms with van der Waals surface area (Å²) in [5.41, 5.74) is 0. The topological polar surface area (TPSA) is 68.8 Å². The Bertz CT molecular complexity index is 362. The Labute approximate surface area is 168 Å². The Morgan fingerprint density at radius 2 is 1.96 bits per heavy atom. The fourth-order valence-electron chi connectivity index (χ4n) is 2.57. The molecule has 0 unspecified atom stereocenters. The van der Waals surface area contributed by atoms with E-state index in [0.717, 1.165) is 57.8 Å². The number of halogens is 1. The lowest BCUT2D eigenvalue weighted by Gasteiger charge is -2.32. The molecule has 6 nitrogen and oxygen atoms in total. The number of amides is 1. The Morgan fingerprint density at radius 3 is 2.54 bits per heavy atom. The largest absolute Gasteiger partial charge is 0.356 e. The van der Waals surface area contributed by atoms with Gasteiger partial charge in [-0.15, -0.1) is 24.0 Å². The lowest BCUT2D eigenvalue weighted by Crippen LogP contribution is -2.50. The van der Waals surface area contributed by atoms with E-state index in [1.54, 1.807) is 0 Å². The van der Waals surface area contributed by atoms with E-state index in [-0.39, 0.29) is 29.9 Å². The summed E-state index contributed by atoms with van der Waals surface area (Å²) in [5.74, 6) is 2.21. The summed E-state index contributed by atoms with van der Waals surface area (Å²) in [4.78, 5) is 18.3. The number of nitrogens with zero attached hydrogens (tertiary/aromatic N) is 2. The van der Waals surface area contributed by atoms with Gasteiger partial charge in [-0.3, -0.25) is 14.7 Å². The first-order chi connectivity index (χ1) is 11.2. The minimum Gasteiger partial charge on any atom is -0.356 e. The van der Waals surface area contributed by atoms with Crippen LogP contribution < -0.4 is 16.0 Å². The molecule has 0 aliphatic carbocycles. The molecular formula is C16H34IN5OS. The number of carbonyl (C=O) groups excluding carboxylic acids is 1. The van der Waals surface area contributed by atoms with Crippen LogP contribution in [0.3, 0.4) is 0 Å². The van der Waals surface area contributed by atoms with E-state index in [1.165, 1.54) is 5.75 Å². The second kappa shape index (κ2) is 15.1. The van der Waals surface area contributed by atoms with Gasteiger partial charge in [-0.05, 0) is 37.7 Å². The van der Waals surface area contributed by atoms with Gasteiger partial charge in [-0.1, -0.05) is 6.92 Å². The minimum absolute atomic E-state index is 0. The summed E-state index contributed by atoms with van der Waals surface area (Å²) in [6.07, 6.45) is 6.36. The normalized spacial score (nSPS) is 16.4. The summed E-state index contributed by atoms with van der Waals surface area (Å²) in [5, 5.41) is 9.80. The molecule has 0 aromatic carbocycles. The molecule has 24 heavy (non-hydrogen) atoms. The number of likely N-dealkylation sites (tertiary alicyclic amines) is 1. The second-order valence-electron chi connectivity index (χ2n) is 5.89. The van der Waals surface area contributed by atoms with Crippen molar-refractivity contribution in [1.29, 1.82) is 0 Å². The molecule has 1 aliphatic rings. The smallest absolute Gasteiger partial charge is 0.234 e. The van der Waals surface area contributed by atoms with Crippen LogP contribution in [0.1, 0.15) is 32.6 Å². The SMILES string of the molecule is CCCNC(=O)CN1CCC(NC(=NC)NCCCSC)CC1.I. The standard InChI is InChI=1S/C16H33N5OS.HI/c1-4-8-18-15(22)13-21-10-6-14(7-11-21)20-16(17-2)19-9-5-12-23-3;/h14H,4-13H2,1-3H3,(H,18,22)(H2,17,19,20);1H. The number of hydrogen-bond acceptors (Lipinski definition) is 4. The quantitative estimate of drug-likeness (QED) is 0.206. The van der Waals surface area contributed by atoms with Crippen LogP contribution in [0.4, 0.5) is 0 Å². The maximum Gasteiger partial charge on any atom is 0.234 e. The van der Waals surface area contributed by atoms with Gasteiger partial charge >= 0.3 is 0 Å². The molecule has 0 aromatic rings. The number of carbonyl (C=O) groups is 1. The van der Waals surface area contributed by atoms with E-state index in [0.29, 0.717) is 12.6 Å². The first kappa shape index (κ1) is 23.8. The summed E-state index contributed by atoms with van der Waals surface area (Å²) in [6.45, 7) is 6.24. The Morgan fingerprint density at radius 1 is 1.25 bits per heavy atom. The summed E-state index contributed by atoms with van der Waals surface area (Å²) >= 11 is 1.87. The number of piperidine rings is 1. The van der Waals surface area contributed by atoms with E-state index in [2.05, 4.69) is 39.0 Å². The van der Waals surface area contributed by atoms with Gasteiger partial charge in [-0.2, -0.15) is 11.8 Å². The molecule has 0 saturated carbocycles. The summed E-state index contributed by atoms with van der Waals surface area (Å²) in [6, 6.07) is 0.441. The van der Waals surface area contributed by atoms with Crippen molar-refractivity contribution in [3.8, 4) is 0 Å². The average Bonchev–Trinajstić information content (AvgIpc) is 2.57. The van der Waals surface area contributed by atoms with E-state index in [1.807, 2.05) is 18.8 Å². The first-order valence-corrected chi connectivity index (χ1v) is 10.0. The molecule has 1 saturated heterocycles. The highest BCUT2D eigenvalue weighted by molar-refractivity contribution is 14.0. The molecule has 0 bridgehead atoms. The number of guanidine groups is 1. The third-order valence-corrected chi connectivity index (χ3v) is 4.61. The molecule has 0 atom stereocenters. The Hall–Kier alpha value is -0.220. The summed E-state index contributed by atoms with van der Waals surface area (Å²) < 4.78 is 0. The van der Waals surface area contributed by atoms with Crippen molar-refractivity contribution in [2.24, 2.45) is 4.99 Å². The zero-order valence-electron chi connectivity index (χ0n) is 15.3. The lowest BCUT2D eigenvalue weighted by atomic mass is 10.1. The number of hydrogen-bond donors (Lipinski definition) is 3. The number of aliphatic imine (C=N–C) groups is 1. The molecule has 1 fully saturated rings. The van der Waals surface area contributed by atoms with Gasteiger partial charge in [0.2, 0.25) is 5.91 Å². The Kier molecular flexibility index (Phi) is 14.9. The zero-order valence-corrected chi connectivity index (χ0v) is 18.4. The maximum absolute atomic E-state index is 11.7. The molecule has 142 valence electrons. The lowest BCUT2D eigenvalue weighted by molar-refractivity contribution is -0.122. The predicted octanol–water partition coefficient (Wildman–Crippen LogP) is 1.51. The van der Waals surface area contributed by atoms with Crippen LogP contribution in [0.2, 0.25) is 0 Å². The summed E-state index contributed by atoms with van der Waals surface area (Å²) in [7, 11) is 1.82. The molecule has 1 aliphatic heterocycles. The van der Waals surface area contributed by atoms with Crippen molar-refractivity contribution in [3.05, 3.63) is 0 Å². The molecule has 1 amide bonds. The molecule has 0 spiro atoms. The van der Waals surface area contributed by atoms with Crippen LogP contribution in [-0.2, 0) is 4.79 Å². The third-order valence-electron chi connectivity index (χ3n) is 3.91. The van der Waals surface area contributed by atoms with Crippen molar-refractivity contribution >= 4 is 47.6 Å². The average molecular weight is 471 g/mol. The van der Waals surface area contributed by atoms with E-state index in [9.17, 15) is 4.79 Å². The highest BCUT2D eigenvalue weighted by Crippen LogP contribution is 2.09.